The van der Waals surface area contributed by atoms with Gasteiger partial charge in [-0.15, -0.1) is 0 Å². The summed E-state index contributed by atoms with van der Waals surface area (Å²) in [5.74, 6) is -1.41. The molecule has 5 atom stereocenters. The molecule has 0 radical (unpaired) electrons. The van der Waals surface area contributed by atoms with Crippen molar-refractivity contribution in [2.24, 2.45) is 17.3 Å². The average Bonchev–Trinajstić information content (AvgIpc) is 3.79. The quantitative estimate of drug-likeness (QED) is 0.230. The summed E-state index contributed by atoms with van der Waals surface area (Å²) in [7, 11) is 0. The summed E-state index contributed by atoms with van der Waals surface area (Å²) in [5.41, 5.74) is 1.14. The molecule has 3 aliphatic rings. The molecule has 2 unspecified atom stereocenters. The Balaban J connectivity index is 1.51. The number of fused-ring (bicyclic) bond motifs is 4. The third-order valence-electron chi connectivity index (χ3n) is 9.38. The maximum absolute atomic E-state index is 15.1. The molecule has 0 saturated carbocycles. The summed E-state index contributed by atoms with van der Waals surface area (Å²) in [6.07, 6.45) is -0.653. The van der Waals surface area contributed by atoms with E-state index in [0.29, 0.717) is 22.6 Å². The first-order valence-corrected chi connectivity index (χ1v) is 15.8. The van der Waals surface area contributed by atoms with Gasteiger partial charge in [0.15, 0.2) is 23.5 Å². The largest absolute Gasteiger partial charge is 0.469 e. The van der Waals surface area contributed by atoms with Crippen LogP contribution in [0.3, 0.4) is 0 Å². The second kappa shape index (κ2) is 11.0. The Kier molecular flexibility index (Phi) is 7.28. The molecule has 4 bridgehead atoms. The fraction of sp³-hybridized carbons (Fsp3) is 0.429. The molecule has 0 fully saturated rings. The predicted molar refractivity (Wildman–Crippen MR) is 167 cm³/mol. The van der Waals surface area contributed by atoms with Gasteiger partial charge in [0.2, 0.25) is 17.7 Å². The van der Waals surface area contributed by atoms with E-state index in [-0.39, 0.29) is 54.3 Å². The molecule has 0 aliphatic carbocycles. The Morgan fingerprint density at radius 1 is 1.13 bits per heavy atom. The van der Waals surface area contributed by atoms with Gasteiger partial charge in [0, 0.05) is 29.2 Å². The van der Waals surface area contributed by atoms with Gasteiger partial charge in [0.05, 0.1) is 6.61 Å². The summed E-state index contributed by atoms with van der Waals surface area (Å²) in [5, 5.41) is 26.8. The number of carbonyl (C=O) groups excluding carboxylic acids is 2. The minimum Gasteiger partial charge on any atom is -0.469 e. The highest BCUT2D eigenvalue weighted by Crippen LogP contribution is 2.59. The molecule has 5 heterocycles. The standard InChI is InChI=1S/C35H37FN4O7/c1-16(2)27(43)24(42)12-18-10-17-6-9-25-22(11-17)35(21-13-19(36)7-8-23(21)38-33(35)46-25)29-26(31-37-20(14-41)15-45-31)39-32(47-29)28(34(3,4)5)40-30(18)44/h6-9,11,13,15-16,18,27-28,33,38,41,43H,10,12,14H2,1-5H3,(H,40,44)/t18?,27-,28+,33-,35?/m0/s1. The monoisotopic (exact) mass is 644 g/mol. The lowest BCUT2D eigenvalue weighted by Gasteiger charge is -2.32. The highest BCUT2D eigenvalue weighted by atomic mass is 19.1. The van der Waals surface area contributed by atoms with Gasteiger partial charge in [-0.05, 0) is 47.6 Å². The highest BCUT2D eigenvalue weighted by molar-refractivity contribution is 5.89. The van der Waals surface area contributed by atoms with Gasteiger partial charge in [-0.3, -0.25) is 9.59 Å². The zero-order valence-electron chi connectivity index (χ0n) is 26.8. The number of amides is 1. The van der Waals surface area contributed by atoms with E-state index >= 15 is 4.39 Å². The summed E-state index contributed by atoms with van der Waals surface area (Å²) in [6.45, 7) is 8.91. The van der Waals surface area contributed by atoms with Crippen molar-refractivity contribution in [3.8, 4) is 17.3 Å². The maximum atomic E-state index is 15.1. The summed E-state index contributed by atoms with van der Waals surface area (Å²) >= 11 is 0. The van der Waals surface area contributed by atoms with Crippen molar-refractivity contribution in [1.29, 1.82) is 0 Å². The molecule has 7 rings (SSSR count). The minimum absolute atomic E-state index is 0.0710. The number of oxazole rings is 2. The minimum atomic E-state index is -1.28. The lowest BCUT2D eigenvalue weighted by atomic mass is 9.72. The SMILES string of the molecule is CC(C)[C@H](O)C(=O)CC1Cc2ccc3c(c2)C2(c4cc(F)ccc4N[C@H]2O3)c2oc(nc2-c2nc(CO)co2)[C@H](C(C)(C)C)NC1=O. The molecule has 3 aliphatic heterocycles. The smallest absolute Gasteiger partial charge is 0.249 e. The normalized spacial score (nSPS) is 23.6. The zero-order valence-corrected chi connectivity index (χ0v) is 26.8. The van der Waals surface area contributed by atoms with Crippen LogP contribution >= 0.6 is 0 Å². The van der Waals surface area contributed by atoms with E-state index < -0.39 is 52.6 Å². The lowest BCUT2D eigenvalue weighted by molar-refractivity contribution is -0.135. The Labute approximate surface area is 270 Å². The first-order chi connectivity index (χ1) is 22.3. The number of nitrogens with one attached hydrogen (secondary N) is 2. The van der Waals surface area contributed by atoms with Crippen molar-refractivity contribution in [2.45, 2.75) is 77.9 Å². The number of benzene rings is 2. The van der Waals surface area contributed by atoms with Crippen LogP contribution < -0.4 is 15.4 Å². The number of hydrogen-bond donors (Lipinski definition) is 4. The molecular formula is C35H37FN4O7. The second-order valence-electron chi connectivity index (χ2n) is 14.1. The molecular weight excluding hydrogens is 607 g/mol. The predicted octanol–water partition coefficient (Wildman–Crippen LogP) is 4.79. The Hall–Kier alpha value is -4.55. The summed E-state index contributed by atoms with van der Waals surface area (Å²) in [4.78, 5) is 36.6. The van der Waals surface area contributed by atoms with Crippen LogP contribution in [0.5, 0.6) is 5.75 Å². The van der Waals surface area contributed by atoms with E-state index in [4.69, 9.17) is 18.6 Å². The summed E-state index contributed by atoms with van der Waals surface area (Å²) < 4.78 is 34.2. The van der Waals surface area contributed by atoms with Gasteiger partial charge in [-0.1, -0.05) is 46.8 Å². The Morgan fingerprint density at radius 3 is 2.62 bits per heavy atom. The van der Waals surface area contributed by atoms with Gasteiger partial charge >= 0.3 is 0 Å². The number of aliphatic hydroxyl groups excluding tert-OH is 2. The zero-order chi connectivity index (χ0) is 33.4. The van der Waals surface area contributed by atoms with Crippen LogP contribution in [-0.4, -0.2) is 44.2 Å². The van der Waals surface area contributed by atoms with Crippen molar-refractivity contribution >= 4 is 17.4 Å². The summed E-state index contributed by atoms with van der Waals surface area (Å²) in [6, 6.07) is 9.18. The van der Waals surface area contributed by atoms with Crippen LogP contribution in [0.1, 0.15) is 81.1 Å². The molecule has 4 N–H and O–H groups in total. The number of hydrogen-bond acceptors (Lipinski definition) is 10. The molecule has 4 aromatic rings. The fourth-order valence-corrected chi connectivity index (χ4v) is 6.92. The van der Waals surface area contributed by atoms with E-state index in [1.807, 2.05) is 32.9 Å². The van der Waals surface area contributed by atoms with Gasteiger partial charge < -0.3 is 34.4 Å². The van der Waals surface area contributed by atoms with Crippen LogP contribution in [0.15, 0.2) is 51.5 Å². The van der Waals surface area contributed by atoms with Crippen molar-refractivity contribution in [3.05, 3.63) is 82.5 Å². The van der Waals surface area contributed by atoms with Crippen molar-refractivity contribution < 1.29 is 37.8 Å². The van der Waals surface area contributed by atoms with Gasteiger partial charge in [-0.25, -0.2) is 14.4 Å². The molecule has 2 aromatic carbocycles. The number of anilines is 1. The van der Waals surface area contributed by atoms with Gasteiger partial charge in [-0.2, -0.15) is 0 Å². The highest BCUT2D eigenvalue weighted by Gasteiger charge is 2.61. The van der Waals surface area contributed by atoms with Crippen LogP contribution in [0.4, 0.5) is 10.1 Å². The fourth-order valence-electron chi connectivity index (χ4n) is 6.92. The van der Waals surface area contributed by atoms with E-state index in [9.17, 15) is 19.8 Å². The second-order valence-corrected chi connectivity index (χ2v) is 14.1. The van der Waals surface area contributed by atoms with E-state index in [1.165, 1.54) is 18.4 Å². The van der Waals surface area contributed by atoms with Crippen LogP contribution in [0.25, 0.3) is 11.6 Å². The topological polar surface area (TPSA) is 160 Å². The number of carbonyl (C=O) groups is 2. The molecule has 47 heavy (non-hydrogen) atoms. The van der Waals surface area contributed by atoms with Crippen molar-refractivity contribution in [1.82, 2.24) is 15.3 Å². The van der Waals surface area contributed by atoms with E-state index in [2.05, 4.69) is 15.6 Å². The third-order valence-corrected chi connectivity index (χ3v) is 9.38. The van der Waals surface area contributed by atoms with Crippen LogP contribution in [0.2, 0.25) is 0 Å². The lowest BCUT2D eigenvalue weighted by Crippen LogP contribution is -2.42. The number of ether oxygens (including phenoxy) is 1. The van der Waals surface area contributed by atoms with Crippen molar-refractivity contribution in [3.63, 3.8) is 0 Å². The van der Waals surface area contributed by atoms with E-state index in [1.54, 1.807) is 26.0 Å². The average molecular weight is 645 g/mol. The Bertz CT molecular complexity index is 1890. The van der Waals surface area contributed by atoms with Crippen LogP contribution in [-0.2, 0) is 28.0 Å². The number of ketones is 1. The first kappa shape index (κ1) is 31.1. The number of Topliss-reactive ketones (excluding diaryl/α,β-unsaturated/α-hetero) is 1. The maximum Gasteiger partial charge on any atom is 0.249 e. The third kappa shape index (κ3) is 4.92. The van der Waals surface area contributed by atoms with E-state index in [0.717, 1.165) is 5.56 Å². The molecule has 246 valence electrons. The molecule has 11 nitrogen and oxygen atoms in total. The van der Waals surface area contributed by atoms with Gasteiger partial charge in [0.1, 0.15) is 41.1 Å². The molecule has 1 spiro atoms. The number of rotatable bonds is 6. The number of nitrogens with zero attached hydrogens (tertiary/aromatic N) is 2. The van der Waals surface area contributed by atoms with Crippen LogP contribution in [0, 0.1) is 23.1 Å². The number of aliphatic hydroxyl groups is 2. The van der Waals surface area contributed by atoms with Gasteiger partial charge in [0.25, 0.3) is 0 Å². The number of aromatic nitrogens is 2. The molecule has 2 aromatic heterocycles. The first-order valence-electron chi connectivity index (χ1n) is 15.8. The molecule has 0 saturated heterocycles. The Morgan fingerprint density at radius 2 is 1.91 bits per heavy atom. The molecule has 12 heteroatoms. The molecule has 1 amide bonds. The van der Waals surface area contributed by atoms with Crippen molar-refractivity contribution in [2.75, 3.05) is 5.32 Å². The number of halogens is 1.